The second kappa shape index (κ2) is 12.9. The van der Waals surface area contributed by atoms with Crippen molar-refractivity contribution in [1.82, 2.24) is 15.2 Å². The van der Waals surface area contributed by atoms with Crippen LogP contribution in [0.5, 0.6) is 0 Å². The molecule has 0 aliphatic carbocycles. The number of ether oxygens (including phenoxy) is 1. The molecule has 1 fully saturated rings. The van der Waals surface area contributed by atoms with Crippen molar-refractivity contribution in [3.05, 3.63) is 85.1 Å². The van der Waals surface area contributed by atoms with E-state index in [1.165, 1.54) is 12.3 Å². The van der Waals surface area contributed by atoms with Gasteiger partial charge in [-0.05, 0) is 62.7 Å². The molecule has 0 atom stereocenters. The summed E-state index contributed by atoms with van der Waals surface area (Å²) in [5.41, 5.74) is 3.07. The minimum atomic E-state index is -4.17. The molecule has 188 valence electrons. The lowest BCUT2D eigenvalue weighted by molar-refractivity contribution is -0.139. The zero-order valence-electron chi connectivity index (χ0n) is 20.0. The van der Waals surface area contributed by atoms with E-state index < -0.39 is 12.6 Å². The molecule has 0 radical (unpaired) electrons. The van der Waals surface area contributed by atoms with Gasteiger partial charge in [-0.1, -0.05) is 44.0 Å². The standard InChI is InChI=1S/C27H32F3N3O2/c1-6-20-9-10-23(25(35-8-3)17-19(4)5)32-24(20)18-22(7-2)31-26(34)21-11-14-33(15-12-21)16-13-27(28,29)30/h6-10,17-18,21H,1-4,11-16H2,5H3,(H,31,34)/b22-18+,25-17-. The number of carbonyl (C=O) groups is 1. The highest BCUT2D eigenvalue weighted by molar-refractivity contribution is 5.82. The first-order chi connectivity index (χ1) is 16.6. The SMILES string of the molecule is C=CO/C(=C\C(=C)C)c1ccc(C=C)c(/C=C(\C=C)NC(=O)C2CCN(CCC(F)(F)F)CC2)n1. The van der Waals surface area contributed by atoms with Crippen molar-refractivity contribution >= 4 is 23.8 Å². The first kappa shape index (κ1) is 27.9. The zero-order valence-corrected chi connectivity index (χ0v) is 20.0. The number of nitrogens with zero attached hydrogens (tertiary/aromatic N) is 2. The molecule has 0 bridgehead atoms. The summed E-state index contributed by atoms with van der Waals surface area (Å²) in [4.78, 5) is 19.2. The lowest BCUT2D eigenvalue weighted by Gasteiger charge is -2.31. The normalized spacial score (nSPS) is 15.9. The van der Waals surface area contributed by atoms with Gasteiger partial charge in [0.1, 0.15) is 5.69 Å². The molecule has 0 unspecified atom stereocenters. The maximum absolute atomic E-state index is 12.8. The van der Waals surface area contributed by atoms with E-state index >= 15 is 0 Å². The average Bonchev–Trinajstić information content (AvgIpc) is 2.81. The van der Waals surface area contributed by atoms with E-state index in [2.05, 4.69) is 36.6 Å². The molecule has 1 N–H and O–H groups in total. The molecular weight excluding hydrogens is 455 g/mol. The summed E-state index contributed by atoms with van der Waals surface area (Å²) in [6.07, 6.45) is 3.87. The second-order valence-electron chi connectivity index (χ2n) is 8.29. The molecule has 2 rings (SSSR count). The van der Waals surface area contributed by atoms with E-state index in [1.54, 1.807) is 29.2 Å². The molecule has 2 heterocycles. The summed E-state index contributed by atoms with van der Waals surface area (Å²) in [6, 6.07) is 3.62. The molecule has 35 heavy (non-hydrogen) atoms. The zero-order chi connectivity index (χ0) is 26.0. The van der Waals surface area contributed by atoms with Gasteiger partial charge in [0.15, 0.2) is 5.76 Å². The van der Waals surface area contributed by atoms with Gasteiger partial charge in [0.2, 0.25) is 5.91 Å². The minimum absolute atomic E-state index is 0.0423. The molecule has 8 heteroatoms. The number of pyridine rings is 1. The minimum Gasteiger partial charge on any atom is -0.463 e. The third-order valence-electron chi connectivity index (χ3n) is 5.47. The number of hydrogen-bond donors (Lipinski definition) is 1. The van der Waals surface area contributed by atoms with Crippen LogP contribution in [0.1, 0.15) is 43.1 Å². The highest BCUT2D eigenvalue weighted by Gasteiger charge is 2.30. The topological polar surface area (TPSA) is 54.5 Å². The number of amides is 1. The van der Waals surface area contributed by atoms with Gasteiger partial charge in [-0.3, -0.25) is 4.79 Å². The Labute approximate surface area is 205 Å². The number of nitrogens with one attached hydrogen (secondary N) is 1. The first-order valence-corrected chi connectivity index (χ1v) is 11.3. The van der Waals surface area contributed by atoms with Gasteiger partial charge in [-0.2, -0.15) is 13.2 Å². The Morgan fingerprint density at radius 1 is 1.26 bits per heavy atom. The van der Waals surface area contributed by atoms with E-state index in [4.69, 9.17) is 4.74 Å². The van der Waals surface area contributed by atoms with Crippen LogP contribution in [0.15, 0.2) is 68.1 Å². The van der Waals surface area contributed by atoms with Crippen molar-refractivity contribution in [2.75, 3.05) is 19.6 Å². The van der Waals surface area contributed by atoms with Crippen LogP contribution < -0.4 is 5.32 Å². The molecular formula is C27H32F3N3O2. The summed E-state index contributed by atoms with van der Waals surface area (Å²) in [7, 11) is 0. The third-order valence-corrected chi connectivity index (χ3v) is 5.47. The smallest absolute Gasteiger partial charge is 0.390 e. The lowest BCUT2D eigenvalue weighted by atomic mass is 9.95. The molecule has 1 amide bonds. The quantitative estimate of drug-likeness (QED) is 0.302. The lowest BCUT2D eigenvalue weighted by Crippen LogP contribution is -2.41. The van der Waals surface area contributed by atoms with E-state index in [0.29, 0.717) is 48.8 Å². The second-order valence-corrected chi connectivity index (χ2v) is 8.29. The molecule has 1 aromatic rings. The molecule has 5 nitrogen and oxygen atoms in total. The fraction of sp³-hybridized carbons (Fsp3) is 0.333. The Kier molecular flexibility index (Phi) is 10.3. The summed E-state index contributed by atoms with van der Waals surface area (Å²) < 4.78 is 42.9. The first-order valence-electron chi connectivity index (χ1n) is 11.3. The number of hydrogen-bond acceptors (Lipinski definition) is 4. The van der Waals surface area contributed by atoms with Crippen LogP contribution in [0.4, 0.5) is 13.2 Å². The van der Waals surface area contributed by atoms with Crippen LogP contribution >= 0.6 is 0 Å². The maximum atomic E-state index is 12.8. The molecule has 1 aromatic heterocycles. The van der Waals surface area contributed by atoms with Crippen LogP contribution in [0, 0.1) is 5.92 Å². The van der Waals surface area contributed by atoms with E-state index in [9.17, 15) is 18.0 Å². The number of carbonyl (C=O) groups excluding carboxylic acids is 1. The number of halogens is 3. The number of allylic oxidation sites excluding steroid dienone is 3. The summed E-state index contributed by atoms with van der Waals surface area (Å²) in [5.74, 6) is -0.00947. The van der Waals surface area contributed by atoms with Crippen molar-refractivity contribution in [2.45, 2.75) is 32.4 Å². The Bertz CT molecular complexity index is 1020. The largest absolute Gasteiger partial charge is 0.463 e. The molecule has 1 saturated heterocycles. The van der Waals surface area contributed by atoms with E-state index in [1.807, 2.05) is 13.0 Å². The van der Waals surface area contributed by atoms with Crippen LogP contribution in [0.25, 0.3) is 17.9 Å². The molecule has 0 saturated carbocycles. The van der Waals surface area contributed by atoms with E-state index in [-0.39, 0.29) is 18.4 Å². The van der Waals surface area contributed by atoms with Gasteiger partial charge in [-0.15, -0.1) is 0 Å². The monoisotopic (exact) mass is 487 g/mol. The van der Waals surface area contributed by atoms with E-state index in [0.717, 1.165) is 11.1 Å². The Morgan fingerprint density at radius 2 is 1.94 bits per heavy atom. The van der Waals surface area contributed by atoms with Gasteiger partial charge >= 0.3 is 6.18 Å². The number of aromatic nitrogens is 1. The summed E-state index contributed by atoms with van der Waals surface area (Å²) in [5, 5.41) is 2.87. The van der Waals surface area contributed by atoms with Crippen LogP contribution in [-0.2, 0) is 9.53 Å². The number of piperidine rings is 1. The van der Waals surface area contributed by atoms with Gasteiger partial charge < -0.3 is 15.0 Å². The van der Waals surface area contributed by atoms with Crippen molar-refractivity contribution in [3.63, 3.8) is 0 Å². The Balaban J connectivity index is 2.15. The molecule has 0 aromatic carbocycles. The molecule has 1 aliphatic heterocycles. The van der Waals surface area contributed by atoms with Crippen molar-refractivity contribution in [3.8, 4) is 0 Å². The van der Waals surface area contributed by atoms with Gasteiger partial charge in [0, 0.05) is 18.2 Å². The van der Waals surface area contributed by atoms with Gasteiger partial charge in [-0.25, -0.2) is 4.98 Å². The highest BCUT2D eigenvalue weighted by atomic mass is 19.4. The fourth-order valence-electron chi connectivity index (χ4n) is 3.63. The Morgan fingerprint density at radius 3 is 2.49 bits per heavy atom. The van der Waals surface area contributed by atoms with Crippen molar-refractivity contribution in [2.24, 2.45) is 5.92 Å². The molecule has 0 spiro atoms. The van der Waals surface area contributed by atoms with Gasteiger partial charge in [0.25, 0.3) is 0 Å². The van der Waals surface area contributed by atoms with Crippen LogP contribution in [-0.4, -0.2) is 41.6 Å². The summed E-state index contributed by atoms with van der Waals surface area (Å²) in [6.45, 7) is 17.8. The number of rotatable bonds is 11. The predicted octanol–water partition coefficient (Wildman–Crippen LogP) is 6.11. The summed E-state index contributed by atoms with van der Waals surface area (Å²) >= 11 is 0. The van der Waals surface area contributed by atoms with Crippen LogP contribution in [0.2, 0.25) is 0 Å². The van der Waals surface area contributed by atoms with Gasteiger partial charge in [0.05, 0.1) is 18.4 Å². The fourth-order valence-corrected chi connectivity index (χ4v) is 3.63. The average molecular weight is 488 g/mol. The van der Waals surface area contributed by atoms with Crippen LogP contribution in [0.3, 0.4) is 0 Å². The number of likely N-dealkylation sites (tertiary alicyclic amines) is 1. The third kappa shape index (κ3) is 9.05. The molecule has 1 aliphatic rings. The highest BCUT2D eigenvalue weighted by Crippen LogP contribution is 2.24. The maximum Gasteiger partial charge on any atom is 0.390 e. The Hall–Kier alpha value is -3.39. The van der Waals surface area contributed by atoms with Crippen molar-refractivity contribution < 1.29 is 22.7 Å². The number of alkyl halides is 3. The predicted molar refractivity (Wildman–Crippen MR) is 135 cm³/mol. The van der Waals surface area contributed by atoms with Crippen molar-refractivity contribution in [1.29, 1.82) is 0 Å².